The topological polar surface area (TPSA) is 55.8 Å². The third kappa shape index (κ3) is 3.96. The minimum atomic E-state index is -0.894. The molecule has 1 aromatic carbocycles. The molecule has 0 aromatic heterocycles. The van der Waals surface area contributed by atoms with Gasteiger partial charge in [0.25, 0.3) is 0 Å². The fourth-order valence-corrected chi connectivity index (χ4v) is 2.04. The number of carbonyl (C=O) groups excluding carboxylic acids is 1. The lowest BCUT2D eigenvalue weighted by atomic mass is 9.86. The van der Waals surface area contributed by atoms with Crippen molar-refractivity contribution in [3.05, 3.63) is 29.8 Å². The molecular formula is C15H22O4. The summed E-state index contributed by atoms with van der Waals surface area (Å²) < 4.78 is 10.2. The maximum atomic E-state index is 11.9. The van der Waals surface area contributed by atoms with Gasteiger partial charge in [-0.25, -0.2) is 0 Å². The van der Waals surface area contributed by atoms with Crippen molar-refractivity contribution in [2.24, 2.45) is 11.8 Å². The Labute approximate surface area is 114 Å². The zero-order valence-corrected chi connectivity index (χ0v) is 11.9. The van der Waals surface area contributed by atoms with E-state index in [0.717, 1.165) is 0 Å². The second-order valence-corrected chi connectivity index (χ2v) is 4.74. The van der Waals surface area contributed by atoms with Crippen molar-refractivity contribution < 1.29 is 19.4 Å². The van der Waals surface area contributed by atoms with E-state index in [0.29, 0.717) is 17.9 Å². The highest BCUT2D eigenvalue weighted by molar-refractivity contribution is 5.73. The van der Waals surface area contributed by atoms with Gasteiger partial charge in [0.1, 0.15) is 5.75 Å². The molecule has 0 fully saturated rings. The van der Waals surface area contributed by atoms with E-state index in [1.807, 2.05) is 13.8 Å². The van der Waals surface area contributed by atoms with Gasteiger partial charge >= 0.3 is 5.97 Å². The molecule has 0 spiro atoms. The minimum Gasteiger partial charge on any atom is -0.497 e. The molecular weight excluding hydrogens is 244 g/mol. The molecule has 0 bridgehead atoms. The smallest absolute Gasteiger partial charge is 0.312 e. The lowest BCUT2D eigenvalue weighted by Gasteiger charge is -2.25. The summed E-state index contributed by atoms with van der Waals surface area (Å²) in [6, 6.07) is 7.10. The second-order valence-electron chi connectivity index (χ2n) is 4.74. The third-order valence-corrected chi connectivity index (χ3v) is 3.05. The molecule has 4 nitrogen and oxygen atoms in total. The van der Waals surface area contributed by atoms with Gasteiger partial charge in [-0.05, 0) is 30.5 Å². The summed E-state index contributed by atoms with van der Waals surface area (Å²) in [5.41, 5.74) is 0.658. The van der Waals surface area contributed by atoms with E-state index in [2.05, 4.69) is 0 Å². The molecule has 0 aliphatic rings. The van der Waals surface area contributed by atoms with Gasteiger partial charge in [0, 0.05) is 0 Å². The number of benzene rings is 1. The highest BCUT2D eigenvalue weighted by Crippen LogP contribution is 2.30. The number of aliphatic hydroxyl groups is 1. The largest absolute Gasteiger partial charge is 0.497 e. The van der Waals surface area contributed by atoms with E-state index in [1.165, 1.54) is 0 Å². The zero-order valence-electron chi connectivity index (χ0n) is 11.9. The van der Waals surface area contributed by atoms with Crippen LogP contribution in [0.3, 0.4) is 0 Å². The van der Waals surface area contributed by atoms with Crippen molar-refractivity contribution in [2.75, 3.05) is 13.7 Å². The summed E-state index contributed by atoms with van der Waals surface area (Å²) in [5, 5.41) is 10.4. The molecule has 0 amide bonds. The summed E-state index contributed by atoms with van der Waals surface area (Å²) in [4.78, 5) is 11.9. The van der Waals surface area contributed by atoms with Crippen LogP contribution in [-0.2, 0) is 9.53 Å². The van der Waals surface area contributed by atoms with Gasteiger partial charge < -0.3 is 14.6 Å². The number of methoxy groups -OCH3 is 1. The van der Waals surface area contributed by atoms with Crippen LogP contribution in [0.1, 0.15) is 32.4 Å². The number of esters is 1. The van der Waals surface area contributed by atoms with Crippen LogP contribution in [0.5, 0.6) is 5.75 Å². The van der Waals surface area contributed by atoms with Gasteiger partial charge in [-0.1, -0.05) is 26.0 Å². The summed E-state index contributed by atoms with van der Waals surface area (Å²) >= 11 is 0. The third-order valence-electron chi connectivity index (χ3n) is 3.05. The molecule has 0 radical (unpaired) electrons. The van der Waals surface area contributed by atoms with E-state index < -0.39 is 12.0 Å². The fraction of sp³-hybridized carbons (Fsp3) is 0.533. The Balaban J connectivity index is 2.98. The molecule has 1 N–H and O–H groups in total. The Morgan fingerprint density at radius 3 is 2.58 bits per heavy atom. The maximum Gasteiger partial charge on any atom is 0.312 e. The highest BCUT2D eigenvalue weighted by Gasteiger charge is 2.32. The van der Waals surface area contributed by atoms with Gasteiger partial charge in [-0.2, -0.15) is 0 Å². The van der Waals surface area contributed by atoms with Crippen molar-refractivity contribution in [3.63, 3.8) is 0 Å². The molecule has 106 valence electrons. The van der Waals surface area contributed by atoms with Crippen LogP contribution < -0.4 is 4.74 Å². The van der Waals surface area contributed by atoms with Crippen molar-refractivity contribution in [1.29, 1.82) is 0 Å². The van der Waals surface area contributed by atoms with Crippen LogP contribution in [0.15, 0.2) is 24.3 Å². The van der Waals surface area contributed by atoms with E-state index >= 15 is 0 Å². The normalized spacial score (nSPS) is 14.0. The average Bonchev–Trinajstić information content (AvgIpc) is 2.38. The number of hydrogen-bond donors (Lipinski definition) is 1. The first-order chi connectivity index (χ1) is 9.01. The van der Waals surface area contributed by atoms with E-state index in [9.17, 15) is 9.90 Å². The Morgan fingerprint density at radius 1 is 1.37 bits per heavy atom. The van der Waals surface area contributed by atoms with Crippen molar-refractivity contribution in [3.8, 4) is 5.75 Å². The first-order valence-corrected chi connectivity index (χ1v) is 6.49. The molecule has 19 heavy (non-hydrogen) atoms. The molecule has 4 heteroatoms. The molecule has 1 rings (SSSR count). The Bertz CT molecular complexity index is 414. The first-order valence-electron chi connectivity index (χ1n) is 6.49. The van der Waals surface area contributed by atoms with Crippen LogP contribution in [0.25, 0.3) is 0 Å². The lowest BCUT2D eigenvalue weighted by Crippen LogP contribution is -2.29. The van der Waals surface area contributed by atoms with E-state index in [1.54, 1.807) is 38.3 Å². The van der Waals surface area contributed by atoms with Crippen molar-refractivity contribution in [1.82, 2.24) is 0 Å². The molecule has 0 aliphatic carbocycles. The van der Waals surface area contributed by atoms with Crippen molar-refractivity contribution >= 4 is 5.97 Å². The quantitative estimate of drug-likeness (QED) is 0.804. The lowest BCUT2D eigenvalue weighted by molar-refractivity contribution is -0.154. The number of ether oxygens (including phenoxy) is 2. The summed E-state index contributed by atoms with van der Waals surface area (Å²) in [6.45, 7) is 5.86. The number of hydrogen-bond acceptors (Lipinski definition) is 4. The average molecular weight is 266 g/mol. The fourth-order valence-electron chi connectivity index (χ4n) is 2.04. The Hall–Kier alpha value is -1.55. The maximum absolute atomic E-state index is 11.9. The molecule has 0 aliphatic heterocycles. The van der Waals surface area contributed by atoms with Crippen LogP contribution >= 0.6 is 0 Å². The minimum absolute atomic E-state index is 0.0137. The van der Waals surface area contributed by atoms with Gasteiger partial charge in [0.05, 0.1) is 25.7 Å². The highest BCUT2D eigenvalue weighted by atomic mass is 16.5. The zero-order chi connectivity index (χ0) is 14.4. The van der Waals surface area contributed by atoms with Gasteiger partial charge in [0.15, 0.2) is 0 Å². The predicted molar refractivity (Wildman–Crippen MR) is 72.9 cm³/mol. The van der Waals surface area contributed by atoms with Gasteiger partial charge in [-0.15, -0.1) is 0 Å². The number of aliphatic hydroxyl groups excluding tert-OH is 1. The van der Waals surface area contributed by atoms with Gasteiger partial charge in [-0.3, -0.25) is 4.79 Å². The molecule has 1 aromatic rings. The van der Waals surface area contributed by atoms with Gasteiger partial charge in [0.2, 0.25) is 0 Å². The van der Waals surface area contributed by atoms with Crippen LogP contribution in [0.2, 0.25) is 0 Å². The van der Waals surface area contributed by atoms with E-state index in [4.69, 9.17) is 9.47 Å². The SMILES string of the molecule is CCOC(=O)C(C(C)C)C(O)c1cccc(OC)c1. The molecule has 0 saturated heterocycles. The second kappa shape index (κ2) is 7.14. The summed E-state index contributed by atoms with van der Waals surface area (Å²) in [6.07, 6.45) is -0.894. The molecule has 0 saturated carbocycles. The number of carbonyl (C=O) groups is 1. The standard InChI is InChI=1S/C15H22O4/c1-5-19-15(17)13(10(2)3)14(16)11-7-6-8-12(9-11)18-4/h6-10,13-14,16H,5H2,1-4H3. The Morgan fingerprint density at radius 2 is 2.05 bits per heavy atom. The van der Waals surface area contributed by atoms with Crippen molar-refractivity contribution in [2.45, 2.75) is 26.9 Å². The van der Waals surface area contributed by atoms with Crippen LogP contribution in [0, 0.1) is 11.8 Å². The summed E-state index contributed by atoms with van der Waals surface area (Å²) in [7, 11) is 1.57. The molecule has 0 heterocycles. The monoisotopic (exact) mass is 266 g/mol. The Kier molecular flexibility index (Phi) is 5.83. The van der Waals surface area contributed by atoms with Crippen LogP contribution in [0.4, 0.5) is 0 Å². The van der Waals surface area contributed by atoms with E-state index in [-0.39, 0.29) is 11.9 Å². The molecule has 2 unspecified atom stereocenters. The summed E-state index contributed by atoms with van der Waals surface area (Å²) in [5.74, 6) is -0.303. The molecule has 2 atom stereocenters. The van der Waals surface area contributed by atoms with Crippen LogP contribution in [-0.4, -0.2) is 24.8 Å². The predicted octanol–water partition coefficient (Wildman–Crippen LogP) is 2.56. The number of rotatable bonds is 6. The first kappa shape index (κ1) is 15.5.